The van der Waals surface area contributed by atoms with Gasteiger partial charge in [-0.05, 0) is 0 Å². The van der Waals surface area contributed by atoms with E-state index in [4.69, 9.17) is 0 Å². The summed E-state index contributed by atoms with van der Waals surface area (Å²) >= 11 is -5.13. The zero-order valence-corrected chi connectivity index (χ0v) is 41.3. The van der Waals surface area contributed by atoms with Crippen molar-refractivity contribution in [3.05, 3.63) is 155 Å². The molecule has 0 N–H and O–H groups in total. The molecule has 2 fully saturated rings. The number of allylic oxidation sites excluding steroid dienone is 2. The zero-order chi connectivity index (χ0) is 41.3. The summed E-state index contributed by atoms with van der Waals surface area (Å²) in [6, 6.07) is 45.8. The van der Waals surface area contributed by atoms with Crippen molar-refractivity contribution >= 4 is 56.6 Å². The van der Waals surface area contributed by atoms with E-state index in [2.05, 4.69) is 160 Å². The van der Waals surface area contributed by atoms with E-state index in [0.29, 0.717) is 10.8 Å². The quantitative estimate of drug-likeness (QED) is 0.101. The van der Waals surface area contributed by atoms with Crippen molar-refractivity contribution in [2.24, 2.45) is 10.8 Å². The second kappa shape index (κ2) is 15.7. The number of fused-ring (bicyclic) bond motifs is 4. The van der Waals surface area contributed by atoms with Crippen molar-refractivity contribution in [2.45, 2.75) is 111 Å². The number of rotatable bonds is 13. The van der Waals surface area contributed by atoms with E-state index in [1.54, 1.807) is 11.1 Å². The molecule has 0 bridgehead atoms. The van der Waals surface area contributed by atoms with Crippen LogP contribution in [0.1, 0.15) is 120 Å². The van der Waals surface area contributed by atoms with Gasteiger partial charge in [0.2, 0.25) is 0 Å². The van der Waals surface area contributed by atoms with Gasteiger partial charge in [0, 0.05) is 0 Å². The third-order valence-electron chi connectivity index (χ3n) is 16.2. The third kappa shape index (κ3) is 6.51. The molecular weight excluding hydrogens is 863 g/mol. The van der Waals surface area contributed by atoms with Crippen molar-refractivity contribution in [3.63, 3.8) is 0 Å². The van der Waals surface area contributed by atoms with E-state index >= 15 is 0 Å². The Morgan fingerprint density at radius 1 is 0.517 bits per heavy atom. The predicted octanol–water partition coefficient (Wildman–Crippen LogP) is 17.6. The van der Waals surface area contributed by atoms with Gasteiger partial charge in [-0.2, -0.15) is 0 Å². The van der Waals surface area contributed by atoms with Gasteiger partial charge in [-0.25, -0.2) is 0 Å². The minimum atomic E-state index is -5.13. The molecule has 0 amide bonds. The zero-order valence-electron chi connectivity index (χ0n) is 36.2. The summed E-state index contributed by atoms with van der Waals surface area (Å²) in [5.74, 6) is -1.77. The van der Waals surface area contributed by atoms with Gasteiger partial charge in [-0.1, -0.05) is 0 Å². The predicted molar refractivity (Wildman–Crippen MR) is 262 cm³/mol. The maximum atomic E-state index is 9.26. The van der Waals surface area contributed by atoms with Crippen LogP contribution in [-0.4, -0.2) is 5.92 Å². The van der Waals surface area contributed by atoms with Crippen molar-refractivity contribution in [1.29, 1.82) is 0 Å². The molecule has 307 valence electrons. The Morgan fingerprint density at radius 3 is 1.28 bits per heavy atom. The molecule has 0 nitrogen and oxygen atoms in total. The van der Waals surface area contributed by atoms with Crippen LogP contribution in [0, 0.1) is 10.8 Å². The number of benzene rings is 6. The van der Waals surface area contributed by atoms with Gasteiger partial charge in [0.05, 0.1) is 0 Å². The van der Waals surface area contributed by atoms with Crippen LogP contribution < -0.4 is 0 Å². The maximum absolute atomic E-state index is 9.26. The topological polar surface area (TPSA) is 0 Å². The first-order chi connectivity index (χ1) is 29.1. The van der Waals surface area contributed by atoms with Crippen LogP contribution in [0.5, 0.6) is 0 Å². The van der Waals surface area contributed by atoms with Gasteiger partial charge in [-0.15, -0.1) is 0 Å². The van der Waals surface area contributed by atoms with Crippen LogP contribution in [0.4, 0.5) is 0 Å². The Kier molecular flexibility index (Phi) is 10.7. The average Bonchev–Trinajstić information content (AvgIpc) is 3.81. The van der Waals surface area contributed by atoms with Gasteiger partial charge >= 0.3 is 371 Å². The summed E-state index contributed by atoms with van der Waals surface area (Å²) in [5, 5.41) is 5.19. The van der Waals surface area contributed by atoms with E-state index in [1.165, 1.54) is 130 Å². The first kappa shape index (κ1) is 41.0. The number of halogens is 2. The summed E-state index contributed by atoms with van der Waals surface area (Å²) in [5.41, 5.74) is 14.7. The van der Waals surface area contributed by atoms with Crippen molar-refractivity contribution in [3.8, 4) is 22.3 Å². The molecule has 4 aliphatic rings. The van der Waals surface area contributed by atoms with Crippen LogP contribution in [0.3, 0.4) is 0 Å². The molecule has 2 saturated carbocycles. The Morgan fingerprint density at radius 2 is 0.900 bits per heavy atom. The van der Waals surface area contributed by atoms with E-state index in [-0.39, 0.29) is 7.25 Å². The number of hydrogen-bond acceptors (Lipinski definition) is 0. The van der Waals surface area contributed by atoms with E-state index in [0.717, 1.165) is 12.8 Å². The molecule has 4 heteroatoms. The van der Waals surface area contributed by atoms with Gasteiger partial charge in [0.25, 0.3) is 0 Å². The molecule has 0 saturated heterocycles. The number of hydrogen-bond donors (Lipinski definition) is 0. The van der Waals surface area contributed by atoms with Crippen LogP contribution in [-0.2, 0) is 15.6 Å². The molecule has 0 radical (unpaired) electrons. The summed E-state index contributed by atoms with van der Waals surface area (Å²) in [4.78, 5) is 0. The molecule has 0 aliphatic heterocycles. The third-order valence-corrected chi connectivity index (χ3v) is 68.1. The van der Waals surface area contributed by atoms with E-state index in [9.17, 15) is 17.0 Å². The molecule has 60 heavy (non-hydrogen) atoms. The Labute approximate surface area is 368 Å². The summed E-state index contributed by atoms with van der Waals surface area (Å²) < 4.78 is 0.176. The molecule has 0 spiro atoms. The normalized spacial score (nSPS) is 20.8. The molecule has 6 aromatic rings. The molecule has 0 aromatic heterocycles. The molecule has 2 atom stereocenters. The van der Waals surface area contributed by atoms with Crippen LogP contribution in [0.15, 0.2) is 132 Å². The van der Waals surface area contributed by atoms with Gasteiger partial charge < -0.3 is 0 Å². The molecule has 0 heterocycles. The van der Waals surface area contributed by atoms with Crippen LogP contribution >= 0.6 is 17.0 Å². The standard InChI is InChI=1S/2C27H27.C2H7Si.2ClH.Zr/c2*1-2-14-27(15-7-16-27)19-20-17-22-10-6-13-25(26(22)18-20)24-12-5-9-21-8-3-4-11-23(21)24;1-3-2;;;/h2*3-6,8-13,17-18H,2,7,14-16,19H2,1H3;3H,1-2H3;2*1H;/q;;;;;+2/p-2. The minimum absolute atomic E-state index is 0.0878. The van der Waals surface area contributed by atoms with Gasteiger partial charge in [0.1, 0.15) is 0 Å². The monoisotopic (exact) mass is 921 g/mol. The molecule has 6 aromatic carbocycles. The fraction of sp³-hybridized carbons (Fsp3) is 0.357. The molecular formula is C56H61Cl2SiZr. The second-order valence-corrected chi connectivity index (χ2v) is 62.4. The average molecular weight is 924 g/mol. The Hall–Kier alpha value is -3.00. The van der Waals surface area contributed by atoms with E-state index in [1.807, 2.05) is 0 Å². The Balaban J connectivity index is 1.21. The fourth-order valence-corrected chi connectivity index (χ4v) is 44.4. The van der Waals surface area contributed by atoms with Crippen molar-refractivity contribution in [2.75, 3.05) is 0 Å². The first-order valence-electron chi connectivity index (χ1n) is 23.3. The van der Waals surface area contributed by atoms with Gasteiger partial charge in [0.15, 0.2) is 0 Å². The summed E-state index contributed by atoms with van der Waals surface area (Å²) in [7, 11) is 18.5. The molecule has 10 rings (SSSR count). The van der Waals surface area contributed by atoms with Crippen LogP contribution in [0.2, 0.25) is 13.1 Å². The van der Waals surface area contributed by atoms with E-state index < -0.39 is 21.5 Å². The van der Waals surface area contributed by atoms with Crippen LogP contribution in [0.25, 0.3) is 56.0 Å². The summed E-state index contributed by atoms with van der Waals surface area (Å²) in [6.45, 7) is 9.87. The molecule has 2 unspecified atom stereocenters. The second-order valence-electron chi connectivity index (χ2n) is 19.9. The first-order valence-corrected chi connectivity index (χ1v) is 39.6. The fourth-order valence-electron chi connectivity index (χ4n) is 13.1. The molecule has 4 aliphatic carbocycles. The van der Waals surface area contributed by atoms with Gasteiger partial charge in [-0.3, -0.25) is 0 Å². The van der Waals surface area contributed by atoms with Crippen molar-refractivity contribution < 1.29 is 15.6 Å². The summed E-state index contributed by atoms with van der Waals surface area (Å²) in [6.07, 6.45) is 20.5. The Bertz CT molecular complexity index is 2500. The SMILES string of the molecule is CCCC1(CC2=Cc3c(-c4cccc5ccccc45)cccc3[CH]2[Zr]([Cl])([Cl])([CH]2C(CC3(CCC)CCC3)=Cc3c(-c4cccc5ccccc45)cccc32)[SiH](C)C)CCC1. The van der Waals surface area contributed by atoms with Crippen molar-refractivity contribution in [1.82, 2.24) is 0 Å².